The number of carbonyl (C=O) groups is 2. The first kappa shape index (κ1) is 20.2. The maximum absolute atomic E-state index is 12.5. The van der Waals surface area contributed by atoms with Crippen LogP contribution in [0.2, 0.25) is 0 Å². The molecule has 0 unspecified atom stereocenters. The van der Waals surface area contributed by atoms with Crippen LogP contribution in [0.1, 0.15) is 34.1 Å². The van der Waals surface area contributed by atoms with Crippen LogP contribution in [0.15, 0.2) is 61.2 Å². The lowest BCUT2D eigenvalue weighted by molar-refractivity contribution is 0.0943. The van der Waals surface area contributed by atoms with Crippen molar-refractivity contribution in [1.82, 2.24) is 20.1 Å². The highest BCUT2D eigenvalue weighted by Gasteiger charge is 2.10. The van der Waals surface area contributed by atoms with Gasteiger partial charge in [0.2, 0.25) is 0 Å². The highest BCUT2D eigenvalue weighted by Crippen LogP contribution is 2.14. The van der Waals surface area contributed by atoms with Crippen molar-refractivity contribution in [2.45, 2.75) is 13.3 Å². The van der Waals surface area contributed by atoms with E-state index in [1.165, 1.54) is 6.33 Å². The summed E-state index contributed by atoms with van der Waals surface area (Å²) in [4.78, 5) is 28.7. The van der Waals surface area contributed by atoms with Crippen LogP contribution in [0.5, 0.6) is 0 Å². The fourth-order valence-electron chi connectivity index (χ4n) is 2.67. The van der Waals surface area contributed by atoms with Crippen molar-refractivity contribution in [3.63, 3.8) is 0 Å². The minimum Gasteiger partial charge on any atom is -0.382 e. The first-order valence-electron chi connectivity index (χ1n) is 9.40. The summed E-state index contributed by atoms with van der Waals surface area (Å²) in [5, 5.41) is 9.71. The summed E-state index contributed by atoms with van der Waals surface area (Å²) >= 11 is 0. The summed E-state index contributed by atoms with van der Waals surface area (Å²) in [6.07, 6.45) is 3.78. The first-order valence-corrected chi connectivity index (χ1v) is 9.40. The average Bonchev–Trinajstić information content (AvgIpc) is 3.29. The number of benzene rings is 2. The smallest absolute Gasteiger partial charge is 0.255 e. The van der Waals surface area contributed by atoms with Gasteiger partial charge in [-0.05, 0) is 55.8 Å². The molecule has 0 radical (unpaired) electrons. The Morgan fingerprint density at radius 3 is 2.62 bits per heavy atom. The fraction of sp³-hybridized carbons (Fsp3) is 0.238. The predicted molar refractivity (Wildman–Crippen MR) is 109 cm³/mol. The van der Waals surface area contributed by atoms with Gasteiger partial charge in [-0.2, -0.15) is 5.10 Å². The van der Waals surface area contributed by atoms with E-state index in [0.29, 0.717) is 36.6 Å². The van der Waals surface area contributed by atoms with E-state index in [1.54, 1.807) is 59.5 Å². The Morgan fingerprint density at radius 1 is 1.07 bits per heavy atom. The van der Waals surface area contributed by atoms with Crippen molar-refractivity contribution in [3.8, 4) is 5.69 Å². The normalized spacial score (nSPS) is 10.5. The molecule has 0 atom stereocenters. The molecule has 0 spiro atoms. The number of ether oxygens (including phenoxy) is 1. The molecule has 8 heteroatoms. The molecule has 150 valence electrons. The lowest BCUT2D eigenvalue weighted by Gasteiger charge is -2.09. The van der Waals surface area contributed by atoms with Gasteiger partial charge in [0.05, 0.1) is 5.69 Å². The third kappa shape index (κ3) is 5.73. The number of hydrogen-bond donors (Lipinski definition) is 2. The Balaban J connectivity index is 1.58. The van der Waals surface area contributed by atoms with Crippen LogP contribution in [0, 0.1) is 0 Å². The minimum absolute atomic E-state index is 0.185. The van der Waals surface area contributed by atoms with Crippen LogP contribution < -0.4 is 10.6 Å². The van der Waals surface area contributed by atoms with Crippen molar-refractivity contribution in [2.75, 3.05) is 25.1 Å². The van der Waals surface area contributed by atoms with E-state index in [0.717, 1.165) is 12.1 Å². The second-order valence-electron chi connectivity index (χ2n) is 6.23. The molecule has 0 saturated carbocycles. The zero-order valence-corrected chi connectivity index (χ0v) is 16.2. The standard InChI is InChI=1S/C21H23N5O3/c1-2-29-12-4-11-23-20(27)17-5-3-6-18(13-17)25-21(28)16-7-9-19(10-8-16)26-15-22-14-24-26/h3,5-10,13-15H,2,4,11-12H2,1H3,(H,23,27)(H,25,28). The molecule has 2 N–H and O–H groups in total. The van der Waals surface area contributed by atoms with Gasteiger partial charge in [0.15, 0.2) is 0 Å². The van der Waals surface area contributed by atoms with Gasteiger partial charge < -0.3 is 15.4 Å². The van der Waals surface area contributed by atoms with Crippen LogP contribution in [-0.4, -0.2) is 46.3 Å². The molecule has 0 aliphatic heterocycles. The molecule has 1 heterocycles. The summed E-state index contributed by atoms with van der Waals surface area (Å²) in [5.41, 5.74) is 2.35. The van der Waals surface area contributed by atoms with Crippen molar-refractivity contribution in [2.24, 2.45) is 0 Å². The highest BCUT2D eigenvalue weighted by molar-refractivity contribution is 6.05. The highest BCUT2D eigenvalue weighted by atomic mass is 16.5. The summed E-state index contributed by atoms with van der Waals surface area (Å²) in [6, 6.07) is 13.8. The van der Waals surface area contributed by atoms with Crippen LogP contribution >= 0.6 is 0 Å². The molecule has 0 aliphatic rings. The monoisotopic (exact) mass is 393 g/mol. The van der Waals surface area contributed by atoms with E-state index >= 15 is 0 Å². The van der Waals surface area contributed by atoms with E-state index < -0.39 is 0 Å². The third-order valence-corrected chi connectivity index (χ3v) is 4.15. The van der Waals surface area contributed by atoms with Crippen molar-refractivity contribution in [3.05, 3.63) is 72.3 Å². The Kier molecular flexibility index (Phi) is 7.07. The van der Waals surface area contributed by atoms with Gasteiger partial charge >= 0.3 is 0 Å². The summed E-state index contributed by atoms with van der Waals surface area (Å²) in [6.45, 7) is 3.75. The largest absolute Gasteiger partial charge is 0.382 e. The second kappa shape index (κ2) is 10.1. The molecule has 0 aliphatic carbocycles. The predicted octanol–water partition coefficient (Wildman–Crippen LogP) is 2.68. The number of aromatic nitrogens is 3. The lowest BCUT2D eigenvalue weighted by Crippen LogP contribution is -2.25. The van der Waals surface area contributed by atoms with Crippen LogP contribution in [-0.2, 0) is 4.74 Å². The minimum atomic E-state index is -0.260. The van der Waals surface area contributed by atoms with Gasteiger partial charge in [0, 0.05) is 36.6 Å². The number of hydrogen-bond acceptors (Lipinski definition) is 5. The molecule has 8 nitrogen and oxygen atoms in total. The average molecular weight is 393 g/mol. The molecule has 3 aromatic rings. The van der Waals surface area contributed by atoms with E-state index in [-0.39, 0.29) is 11.8 Å². The quantitative estimate of drug-likeness (QED) is 0.545. The molecule has 2 aromatic carbocycles. The number of nitrogens with zero attached hydrogens (tertiary/aromatic N) is 3. The Labute approximate surface area is 168 Å². The molecular formula is C21H23N5O3. The molecule has 0 saturated heterocycles. The SMILES string of the molecule is CCOCCCNC(=O)c1cccc(NC(=O)c2ccc(-n3cncn3)cc2)c1. The van der Waals surface area contributed by atoms with Crippen molar-refractivity contribution < 1.29 is 14.3 Å². The summed E-state index contributed by atoms with van der Waals surface area (Å²) in [5.74, 6) is -0.445. The summed E-state index contributed by atoms with van der Waals surface area (Å²) < 4.78 is 6.86. The second-order valence-corrected chi connectivity index (χ2v) is 6.23. The van der Waals surface area contributed by atoms with E-state index in [1.807, 2.05) is 6.92 Å². The molecule has 0 bridgehead atoms. The van der Waals surface area contributed by atoms with Gasteiger partial charge in [-0.3, -0.25) is 9.59 Å². The van der Waals surface area contributed by atoms with Gasteiger partial charge in [-0.25, -0.2) is 9.67 Å². The van der Waals surface area contributed by atoms with Crippen LogP contribution in [0.25, 0.3) is 5.69 Å². The Hall–Kier alpha value is -3.52. The zero-order valence-electron chi connectivity index (χ0n) is 16.2. The van der Waals surface area contributed by atoms with E-state index in [9.17, 15) is 9.59 Å². The number of nitrogens with one attached hydrogen (secondary N) is 2. The number of carbonyl (C=O) groups excluding carboxylic acids is 2. The molecule has 3 rings (SSSR count). The number of rotatable bonds is 9. The lowest BCUT2D eigenvalue weighted by atomic mass is 10.1. The van der Waals surface area contributed by atoms with Gasteiger partial charge in [-0.15, -0.1) is 0 Å². The van der Waals surface area contributed by atoms with Gasteiger partial charge in [0.25, 0.3) is 11.8 Å². The molecular weight excluding hydrogens is 370 g/mol. The number of amides is 2. The first-order chi connectivity index (χ1) is 14.2. The van der Waals surface area contributed by atoms with Crippen LogP contribution in [0.4, 0.5) is 5.69 Å². The van der Waals surface area contributed by atoms with Gasteiger partial charge in [0.1, 0.15) is 12.7 Å². The van der Waals surface area contributed by atoms with E-state index in [4.69, 9.17) is 4.74 Å². The Bertz CT molecular complexity index is 939. The van der Waals surface area contributed by atoms with Crippen molar-refractivity contribution in [1.29, 1.82) is 0 Å². The Morgan fingerprint density at radius 2 is 1.90 bits per heavy atom. The molecule has 2 amide bonds. The zero-order chi connectivity index (χ0) is 20.5. The maximum atomic E-state index is 12.5. The van der Waals surface area contributed by atoms with Crippen LogP contribution in [0.3, 0.4) is 0 Å². The molecule has 29 heavy (non-hydrogen) atoms. The fourth-order valence-corrected chi connectivity index (χ4v) is 2.67. The topological polar surface area (TPSA) is 98.1 Å². The molecule has 0 fully saturated rings. The molecule has 1 aromatic heterocycles. The van der Waals surface area contributed by atoms with Gasteiger partial charge in [-0.1, -0.05) is 6.07 Å². The maximum Gasteiger partial charge on any atom is 0.255 e. The van der Waals surface area contributed by atoms with Crippen molar-refractivity contribution >= 4 is 17.5 Å². The summed E-state index contributed by atoms with van der Waals surface area (Å²) in [7, 11) is 0. The number of anilines is 1. The third-order valence-electron chi connectivity index (χ3n) is 4.15. The van der Waals surface area contributed by atoms with E-state index in [2.05, 4.69) is 20.7 Å².